The van der Waals surface area contributed by atoms with E-state index in [1.165, 1.54) is 12.8 Å². The lowest BCUT2D eigenvalue weighted by Crippen LogP contribution is -2.42. The van der Waals surface area contributed by atoms with E-state index >= 15 is 0 Å². The quantitative estimate of drug-likeness (QED) is 0.906. The molecule has 0 aromatic carbocycles. The van der Waals surface area contributed by atoms with Gasteiger partial charge in [-0.3, -0.25) is 4.79 Å². The first kappa shape index (κ1) is 15.3. The van der Waals surface area contributed by atoms with E-state index in [-0.39, 0.29) is 11.9 Å². The Bertz CT molecular complexity index is 500. The van der Waals surface area contributed by atoms with E-state index in [2.05, 4.69) is 16.8 Å². The molecular weight excluding hydrogens is 276 g/mol. The van der Waals surface area contributed by atoms with E-state index in [9.17, 15) is 4.79 Å². The van der Waals surface area contributed by atoms with E-state index in [0.717, 1.165) is 50.8 Å². The minimum Gasteiger partial charge on any atom is -0.357 e. The van der Waals surface area contributed by atoms with Gasteiger partial charge in [0.25, 0.3) is 5.91 Å². The molecular formula is C17H26N4O. The fourth-order valence-corrected chi connectivity index (χ4v) is 3.22. The largest absolute Gasteiger partial charge is 0.357 e. The van der Waals surface area contributed by atoms with Gasteiger partial charge < -0.3 is 15.5 Å². The van der Waals surface area contributed by atoms with Crippen molar-refractivity contribution in [3.63, 3.8) is 0 Å². The van der Waals surface area contributed by atoms with Crippen LogP contribution in [0.1, 0.15) is 43.0 Å². The van der Waals surface area contributed by atoms with Gasteiger partial charge in [-0.15, -0.1) is 0 Å². The summed E-state index contributed by atoms with van der Waals surface area (Å²) in [5.41, 5.74) is 6.58. The summed E-state index contributed by atoms with van der Waals surface area (Å²) >= 11 is 0. The molecule has 0 bridgehead atoms. The molecule has 5 nitrogen and oxygen atoms in total. The van der Waals surface area contributed by atoms with Crippen LogP contribution in [0.2, 0.25) is 0 Å². The molecule has 3 heterocycles. The lowest BCUT2D eigenvalue weighted by atomic mass is 9.99. The predicted octanol–water partition coefficient (Wildman–Crippen LogP) is 1.88. The molecule has 3 rings (SSSR count). The van der Waals surface area contributed by atoms with Gasteiger partial charge in [0.1, 0.15) is 5.82 Å². The summed E-state index contributed by atoms with van der Waals surface area (Å²) in [7, 11) is 0. The first-order valence-corrected chi connectivity index (χ1v) is 8.39. The number of carbonyl (C=O) groups excluding carboxylic acids is 1. The van der Waals surface area contributed by atoms with Gasteiger partial charge >= 0.3 is 0 Å². The SMILES string of the molecule is CC1CCN(c2ccc(C(=O)N3CCC(N)CC3)cn2)CC1. The molecule has 0 spiro atoms. The van der Waals surface area contributed by atoms with E-state index < -0.39 is 0 Å². The Morgan fingerprint density at radius 1 is 1.14 bits per heavy atom. The van der Waals surface area contributed by atoms with Crippen LogP contribution in [-0.4, -0.2) is 48.0 Å². The van der Waals surface area contributed by atoms with Crippen molar-refractivity contribution in [3.05, 3.63) is 23.9 Å². The highest BCUT2D eigenvalue weighted by molar-refractivity contribution is 5.94. The second-order valence-corrected chi connectivity index (χ2v) is 6.70. The van der Waals surface area contributed by atoms with E-state index in [1.807, 2.05) is 17.0 Å². The van der Waals surface area contributed by atoms with E-state index in [0.29, 0.717) is 5.56 Å². The smallest absolute Gasteiger partial charge is 0.255 e. The van der Waals surface area contributed by atoms with Crippen molar-refractivity contribution in [3.8, 4) is 0 Å². The van der Waals surface area contributed by atoms with Gasteiger partial charge in [-0.1, -0.05) is 6.92 Å². The molecule has 2 aliphatic heterocycles. The van der Waals surface area contributed by atoms with Crippen molar-refractivity contribution in [2.45, 2.75) is 38.6 Å². The monoisotopic (exact) mass is 302 g/mol. The fraction of sp³-hybridized carbons (Fsp3) is 0.647. The molecule has 2 fully saturated rings. The maximum atomic E-state index is 12.5. The highest BCUT2D eigenvalue weighted by Gasteiger charge is 2.22. The molecule has 0 atom stereocenters. The zero-order valence-corrected chi connectivity index (χ0v) is 13.4. The van der Waals surface area contributed by atoms with Crippen molar-refractivity contribution in [2.75, 3.05) is 31.1 Å². The van der Waals surface area contributed by atoms with Crippen molar-refractivity contribution in [1.29, 1.82) is 0 Å². The molecule has 2 N–H and O–H groups in total. The zero-order valence-electron chi connectivity index (χ0n) is 13.4. The van der Waals surface area contributed by atoms with Crippen LogP contribution in [0.4, 0.5) is 5.82 Å². The Kier molecular flexibility index (Phi) is 4.62. The first-order chi connectivity index (χ1) is 10.6. The number of carbonyl (C=O) groups is 1. The number of hydrogen-bond donors (Lipinski definition) is 1. The Hall–Kier alpha value is -1.62. The molecule has 0 aliphatic carbocycles. The minimum absolute atomic E-state index is 0.0817. The highest BCUT2D eigenvalue weighted by atomic mass is 16.2. The third-order valence-electron chi connectivity index (χ3n) is 4.93. The molecule has 0 unspecified atom stereocenters. The van der Waals surface area contributed by atoms with Gasteiger partial charge in [-0.05, 0) is 43.7 Å². The van der Waals surface area contributed by atoms with Crippen LogP contribution in [0.15, 0.2) is 18.3 Å². The summed E-state index contributed by atoms with van der Waals surface area (Å²) in [4.78, 5) is 21.2. The van der Waals surface area contributed by atoms with E-state index in [1.54, 1.807) is 6.20 Å². The number of likely N-dealkylation sites (tertiary alicyclic amines) is 1. The summed E-state index contributed by atoms with van der Waals surface area (Å²) < 4.78 is 0. The molecule has 22 heavy (non-hydrogen) atoms. The number of aromatic nitrogens is 1. The molecule has 120 valence electrons. The summed E-state index contributed by atoms with van der Waals surface area (Å²) in [5.74, 6) is 1.88. The zero-order chi connectivity index (χ0) is 15.5. The van der Waals surface area contributed by atoms with Crippen LogP contribution >= 0.6 is 0 Å². The number of piperidine rings is 2. The maximum Gasteiger partial charge on any atom is 0.255 e. The number of amides is 1. The molecule has 0 radical (unpaired) electrons. The van der Waals surface area contributed by atoms with Crippen LogP contribution in [0.3, 0.4) is 0 Å². The Morgan fingerprint density at radius 2 is 1.82 bits per heavy atom. The van der Waals surface area contributed by atoms with Crippen LogP contribution in [0.25, 0.3) is 0 Å². The van der Waals surface area contributed by atoms with Crippen LogP contribution < -0.4 is 10.6 Å². The lowest BCUT2D eigenvalue weighted by molar-refractivity contribution is 0.0714. The average Bonchev–Trinajstić information content (AvgIpc) is 2.56. The average molecular weight is 302 g/mol. The van der Waals surface area contributed by atoms with Crippen molar-refractivity contribution < 1.29 is 4.79 Å². The number of hydrogen-bond acceptors (Lipinski definition) is 4. The van der Waals surface area contributed by atoms with Crippen LogP contribution in [0.5, 0.6) is 0 Å². The number of nitrogens with zero attached hydrogens (tertiary/aromatic N) is 3. The van der Waals surface area contributed by atoms with Gasteiger partial charge in [-0.2, -0.15) is 0 Å². The Balaban J connectivity index is 1.62. The van der Waals surface area contributed by atoms with Crippen LogP contribution in [0, 0.1) is 5.92 Å². The lowest BCUT2D eigenvalue weighted by Gasteiger charge is -2.32. The third kappa shape index (κ3) is 3.40. The number of anilines is 1. The van der Waals surface area contributed by atoms with Crippen molar-refractivity contribution in [2.24, 2.45) is 11.7 Å². The fourth-order valence-electron chi connectivity index (χ4n) is 3.22. The second kappa shape index (κ2) is 6.65. The van der Waals surface area contributed by atoms with Gasteiger partial charge in [0.2, 0.25) is 0 Å². The molecule has 1 aromatic rings. The van der Waals surface area contributed by atoms with Gasteiger partial charge in [0, 0.05) is 38.4 Å². The predicted molar refractivity (Wildman–Crippen MR) is 88.0 cm³/mol. The van der Waals surface area contributed by atoms with Gasteiger partial charge in [0.15, 0.2) is 0 Å². The second-order valence-electron chi connectivity index (χ2n) is 6.70. The third-order valence-corrected chi connectivity index (χ3v) is 4.93. The summed E-state index contributed by atoms with van der Waals surface area (Å²) in [5, 5.41) is 0. The molecule has 1 amide bonds. The number of rotatable bonds is 2. The number of nitrogens with two attached hydrogens (primary N) is 1. The van der Waals surface area contributed by atoms with Gasteiger partial charge in [0.05, 0.1) is 5.56 Å². The topological polar surface area (TPSA) is 62.5 Å². The standard InChI is InChI=1S/C17H26N4O/c1-13-4-8-20(9-5-13)16-3-2-14(12-19-16)17(22)21-10-6-15(18)7-11-21/h2-3,12-13,15H,4-11,18H2,1H3. The molecule has 0 saturated carbocycles. The Morgan fingerprint density at radius 3 is 2.41 bits per heavy atom. The summed E-state index contributed by atoms with van der Waals surface area (Å²) in [6.45, 7) is 5.94. The summed E-state index contributed by atoms with van der Waals surface area (Å²) in [6, 6.07) is 4.14. The van der Waals surface area contributed by atoms with Crippen molar-refractivity contribution in [1.82, 2.24) is 9.88 Å². The Labute approximate surface area is 132 Å². The minimum atomic E-state index is 0.0817. The first-order valence-electron chi connectivity index (χ1n) is 8.39. The molecule has 5 heteroatoms. The number of pyridine rings is 1. The highest BCUT2D eigenvalue weighted by Crippen LogP contribution is 2.21. The normalized spacial score (nSPS) is 21.2. The summed E-state index contributed by atoms with van der Waals surface area (Å²) in [6.07, 6.45) is 5.95. The van der Waals surface area contributed by atoms with Crippen molar-refractivity contribution >= 4 is 11.7 Å². The molecule has 2 aliphatic rings. The van der Waals surface area contributed by atoms with E-state index in [4.69, 9.17) is 5.73 Å². The molecule has 2 saturated heterocycles. The van der Waals surface area contributed by atoms with Gasteiger partial charge in [-0.25, -0.2) is 4.98 Å². The molecule has 1 aromatic heterocycles. The maximum absolute atomic E-state index is 12.5. The van der Waals surface area contributed by atoms with Crippen LogP contribution in [-0.2, 0) is 0 Å².